The third-order valence-corrected chi connectivity index (χ3v) is 3.29. The van der Waals surface area contributed by atoms with Crippen LogP contribution in [-0.4, -0.2) is 31.7 Å². The number of hydrogen-bond donors (Lipinski definition) is 0. The zero-order chi connectivity index (χ0) is 12.8. The predicted octanol–water partition coefficient (Wildman–Crippen LogP) is 3.50. The highest BCUT2D eigenvalue weighted by atomic mass is 35.5. The van der Waals surface area contributed by atoms with Gasteiger partial charge >= 0.3 is 0 Å². The van der Waals surface area contributed by atoms with Gasteiger partial charge in [-0.3, -0.25) is 4.90 Å². The monoisotopic (exact) mass is 285 g/mol. The van der Waals surface area contributed by atoms with Crippen LogP contribution < -0.4 is 9.47 Å². The van der Waals surface area contributed by atoms with E-state index in [4.69, 9.17) is 9.47 Å². The van der Waals surface area contributed by atoms with Gasteiger partial charge < -0.3 is 9.47 Å². The van der Waals surface area contributed by atoms with Gasteiger partial charge in [-0.05, 0) is 50.0 Å². The van der Waals surface area contributed by atoms with Crippen molar-refractivity contribution in [2.45, 2.75) is 32.7 Å². The zero-order valence-electron chi connectivity index (χ0n) is 11.9. The zero-order valence-corrected chi connectivity index (χ0v) is 12.7. The summed E-state index contributed by atoms with van der Waals surface area (Å²) in [6, 6.07) is 6.27. The van der Waals surface area contributed by atoms with Crippen molar-refractivity contribution >= 4 is 12.4 Å². The first-order valence-corrected chi connectivity index (χ1v) is 6.85. The van der Waals surface area contributed by atoms with Crippen molar-refractivity contribution in [2.24, 2.45) is 0 Å². The number of likely N-dealkylation sites (tertiary alicyclic amines) is 1. The fourth-order valence-corrected chi connectivity index (χ4v) is 2.34. The second-order valence-corrected chi connectivity index (χ2v) is 4.82. The molecule has 108 valence electrons. The molecule has 1 aliphatic rings. The minimum atomic E-state index is 0. The summed E-state index contributed by atoms with van der Waals surface area (Å²) in [4.78, 5) is 2.49. The average molecular weight is 286 g/mol. The van der Waals surface area contributed by atoms with Gasteiger partial charge in [-0.15, -0.1) is 12.4 Å². The van der Waals surface area contributed by atoms with E-state index >= 15 is 0 Å². The molecule has 3 nitrogen and oxygen atoms in total. The number of hydrogen-bond acceptors (Lipinski definition) is 3. The number of benzene rings is 1. The molecule has 1 aromatic rings. The van der Waals surface area contributed by atoms with Crippen molar-refractivity contribution in [1.82, 2.24) is 4.90 Å². The van der Waals surface area contributed by atoms with Crippen molar-refractivity contribution in [3.8, 4) is 11.5 Å². The minimum Gasteiger partial charge on any atom is -0.493 e. The van der Waals surface area contributed by atoms with E-state index in [-0.39, 0.29) is 12.4 Å². The summed E-state index contributed by atoms with van der Waals surface area (Å²) >= 11 is 0. The van der Waals surface area contributed by atoms with Crippen LogP contribution in [0.1, 0.15) is 31.7 Å². The molecule has 0 atom stereocenters. The normalized spacial score (nSPS) is 15.1. The first-order valence-electron chi connectivity index (χ1n) is 6.85. The predicted molar refractivity (Wildman–Crippen MR) is 80.5 cm³/mol. The van der Waals surface area contributed by atoms with Gasteiger partial charge in [0.05, 0.1) is 13.7 Å². The molecule has 1 aliphatic heterocycles. The quantitative estimate of drug-likeness (QED) is 0.798. The third-order valence-electron chi connectivity index (χ3n) is 3.29. The molecule has 0 aliphatic carbocycles. The minimum absolute atomic E-state index is 0. The Morgan fingerprint density at radius 2 is 1.89 bits per heavy atom. The molecule has 0 aromatic heterocycles. The summed E-state index contributed by atoms with van der Waals surface area (Å²) in [5.41, 5.74) is 1.30. The van der Waals surface area contributed by atoms with Crippen LogP contribution in [0, 0.1) is 0 Å². The molecule has 0 spiro atoms. The Kier molecular flexibility index (Phi) is 7.03. The van der Waals surface area contributed by atoms with Crippen molar-refractivity contribution in [2.75, 3.05) is 26.8 Å². The summed E-state index contributed by atoms with van der Waals surface area (Å²) in [6.07, 6.45) is 3.67. The summed E-state index contributed by atoms with van der Waals surface area (Å²) < 4.78 is 11.1. The van der Waals surface area contributed by atoms with Gasteiger partial charge in [0.15, 0.2) is 11.5 Å². The van der Waals surface area contributed by atoms with Gasteiger partial charge in [0.1, 0.15) is 0 Å². The van der Waals surface area contributed by atoms with Crippen molar-refractivity contribution in [3.63, 3.8) is 0 Å². The summed E-state index contributed by atoms with van der Waals surface area (Å²) in [5.74, 6) is 1.70. The van der Waals surface area contributed by atoms with Crippen LogP contribution in [0.2, 0.25) is 0 Å². The van der Waals surface area contributed by atoms with Crippen LogP contribution in [0.15, 0.2) is 18.2 Å². The van der Waals surface area contributed by atoms with Crippen LogP contribution in [0.3, 0.4) is 0 Å². The smallest absolute Gasteiger partial charge is 0.161 e. The maximum Gasteiger partial charge on any atom is 0.161 e. The lowest BCUT2D eigenvalue weighted by molar-refractivity contribution is 0.292. The van der Waals surface area contributed by atoms with Crippen LogP contribution in [0.25, 0.3) is 0 Å². The number of nitrogens with zero attached hydrogens (tertiary/aromatic N) is 1. The van der Waals surface area contributed by atoms with Gasteiger partial charge in [0, 0.05) is 6.54 Å². The molecule has 19 heavy (non-hydrogen) atoms. The Morgan fingerprint density at radius 1 is 1.16 bits per heavy atom. The van der Waals surface area contributed by atoms with Gasteiger partial charge in [0.25, 0.3) is 0 Å². The summed E-state index contributed by atoms with van der Waals surface area (Å²) in [5, 5.41) is 0. The molecule has 0 bridgehead atoms. The second-order valence-electron chi connectivity index (χ2n) is 4.82. The van der Waals surface area contributed by atoms with Gasteiger partial charge in [-0.2, -0.15) is 0 Å². The van der Waals surface area contributed by atoms with E-state index in [2.05, 4.69) is 24.0 Å². The highest BCUT2D eigenvalue weighted by Gasteiger charge is 2.13. The Hall–Kier alpha value is -0.930. The molecule has 0 saturated carbocycles. The maximum atomic E-state index is 5.66. The molecule has 0 radical (unpaired) electrons. The number of ether oxygens (including phenoxy) is 2. The lowest BCUT2D eigenvalue weighted by Gasteiger charge is -2.16. The highest BCUT2D eigenvalue weighted by Crippen LogP contribution is 2.29. The lowest BCUT2D eigenvalue weighted by atomic mass is 10.2. The Morgan fingerprint density at radius 3 is 2.53 bits per heavy atom. The van der Waals surface area contributed by atoms with Crippen LogP contribution >= 0.6 is 12.4 Å². The maximum absolute atomic E-state index is 5.66. The number of halogens is 1. The van der Waals surface area contributed by atoms with Crippen molar-refractivity contribution in [3.05, 3.63) is 23.8 Å². The van der Waals surface area contributed by atoms with E-state index in [0.29, 0.717) is 0 Å². The molecular weight excluding hydrogens is 262 g/mol. The van der Waals surface area contributed by atoms with Gasteiger partial charge in [-0.25, -0.2) is 0 Å². The summed E-state index contributed by atoms with van der Waals surface area (Å²) in [7, 11) is 1.70. The van der Waals surface area contributed by atoms with E-state index in [0.717, 1.165) is 31.1 Å². The summed E-state index contributed by atoms with van der Waals surface area (Å²) in [6.45, 7) is 6.30. The van der Waals surface area contributed by atoms with E-state index in [9.17, 15) is 0 Å². The fourth-order valence-electron chi connectivity index (χ4n) is 2.34. The second kappa shape index (κ2) is 8.28. The Labute approximate surface area is 122 Å². The fraction of sp³-hybridized carbons (Fsp3) is 0.600. The van der Waals surface area contributed by atoms with Crippen LogP contribution in [0.4, 0.5) is 0 Å². The van der Waals surface area contributed by atoms with E-state index in [1.165, 1.54) is 31.5 Å². The van der Waals surface area contributed by atoms with E-state index in [1.807, 2.05) is 6.07 Å². The highest BCUT2D eigenvalue weighted by molar-refractivity contribution is 5.85. The third kappa shape index (κ3) is 4.59. The Bertz CT molecular complexity index is 378. The first-order chi connectivity index (χ1) is 8.83. The molecule has 1 fully saturated rings. The molecule has 2 rings (SSSR count). The molecule has 0 unspecified atom stereocenters. The largest absolute Gasteiger partial charge is 0.493 e. The molecule has 1 saturated heterocycles. The van der Waals surface area contributed by atoms with Crippen molar-refractivity contribution < 1.29 is 9.47 Å². The van der Waals surface area contributed by atoms with Crippen molar-refractivity contribution in [1.29, 1.82) is 0 Å². The topological polar surface area (TPSA) is 21.7 Å². The molecule has 4 heteroatoms. The lowest BCUT2D eigenvalue weighted by Crippen LogP contribution is -2.18. The standard InChI is InChI=1S/C15H23NO2.ClH/c1-3-10-18-14-7-6-13(11-15(14)17-2)12-16-8-4-5-9-16;/h6-7,11H,3-5,8-10,12H2,1-2H3;1H. The molecule has 1 aromatic carbocycles. The molecule has 1 heterocycles. The van der Waals surface area contributed by atoms with Crippen LogP contribution in [0.5, 0.6) is 11.5 Å². The van der Waals surface area contributed by atoms with E-state index < -0.39 is 0 Å². The SMILES string of the molecule is CCCOc1ccc(CN2CCCC2)cc1OC.Cl. The van der Waals surface area contributed by atoms with Gasteiger partial charge in [0.2, 0.25) is 0 Å². The molecule has 0 N–H and O–H groups in total. The molecule has 0 amide bonds. The number of rotatable bonds is 6. The van der Waals surface area contributed by atoms with Crippen LogP contribution in [-0.2, 0) is 6.54 Å². The first kappa shape index (κ1) is 16.1. The Balaban J connectivity index is 0.00000180. The average Bonchev–Trinajstić information content (AvgIpc) is 2.90. The van der Waals surface area contributed by atoms with Gasteiger partial charge in [-0.1, -0.05) is 13.0 Å². The molecular formula is C15H24ClNO2. The van der Waals surface area contributed by atoms with E-state index in [1.54, 1.807) is 7.11 Å². The number of methoxy groups -OCH3 is 1.